The molecular formula is C12H18Cl2NO+. The highest BCUT2D eigenvalue weighted by atomic mass is 35.5. The van der Waals surface area contributed by atoms with E-state index in [2.05, 4.69) is 13.8 Å². The van der Waals surface area contributed by atoms with Crippen LogP contribution in [-0.2, 0) is 0 Å². The summed E-state index contributed by atoms with van der Waals surface area (Å²) in [6.07, 6.45) is 0. The summed E-state index contributed by atoms with van der Waals surface area (Å²) in [6.45, 7) is 8.22. The molecule has 0 atom stereocenters. The van der Waals surface area contributed by atoms with Crippen LogP contribution >= 0.6 is 23.2 Å². The van der Waals surface area contributed by atoms with Gasteiger partial charge in [-0.2, -0.15) is 0 Å². The van der Waals surface area contributed by atoms with Crippen LogP contribution in [0.15, 0.2) is 18.2 Å². The molecule has 0 aliphatic heterocycles. The van der Waals surface area contributed by atoms with Gasteiger partial charge in [-0.15, -0.1) is 0 Å². The van der Waals surface area contributed by atoms with Crippen LogP contribution in [0.25, 0.3) is 0 Å². The maximum atomic E-state index is 5.99. The van der Waals surface area contributed by atoms with Crippen molar-refractivity contribution in [1.82, 2.24) is 0 Å². The second-order valence-corrected chi connectivity index (χ2v) is 4.47. The van der Waals surface area contributed by atoms with Crippen LogP contribution in [0.1, 0.15) is 13.8 Å². The van der Waals surface area contributed by atoms with Gasteiger partial charge in [0, 0.05) is 11.1 Å². The molecule has 1 N–H and O–H groups in total. The molecule has 16 heavy (non-hydrogen) atoms. The highest BCUT2D eigenvalue weighted by Crippen LogP contribution is 2.27. The molecule has 1 aromatic rings. The summed E-state index contributed by atoms with van der Waals surface area (Å²) >= 11 is 11.9. The molecule has 0 aliphatic carbocycles. The summed E-state index contributed by atoms with van der Waals surface area (Å²) < 4.78 is 5.61. The van der Waals surface area contributed by atoms with E-state index in [1.165, 1.54) is 4.90 Å². The van der Waals surface area contributed by atoms with Gasteiger partial charge in [-0.3, -0.25) is 0 Å². The molecule has 1 rings (SSSR count). The number of hydrogen-bond acceptors (Lipinski definition) is 1. The second-order valence-electron chi connectivity index (χ2n) is 3.63. The molecule has 0 heterocycles. The van der Waals surface area contributed by atoms with Crippen molar-refractivity contribution < 1.29 is 9.64 Å². The van der Waals surface area contributed by atoms with Gasteiger partial charge in [0.1, 0.15) is 18.9 Å². The smallest absolute Gasteiger partial charge is 0.139 e. The molecule has 0 radical (unpaired) electrons. The minimum absolute atomic E-state index is 0.610. The second kappa shape index (κ2) is 7.00. The van der Waals surface area contributed by atoms with Crippen molar-refractivity contribution in [2.24, 2.45) is 0 Å². The van der Waals surface area contributed by atoms with E-state index < -0.39 is 0 Å². The van der Waals surface area contributed by atoms with Gasteiger partial charge in [-0.25, -0.2) is 0 Å². The van der Waals surface area contributed by atoms with E-state index in [0.717, 1.165) is 19.6 Å². The Labute approximate surface area is 107 Å². The zero-order valence-electron chi connectivity index (χ0n) is 9.72. The van der Waals surface area contributed by atoms with Gasteiger partial charge in [0.2, 0.25) is 0 Å². The summed E-state index contributed by atoms with van der Waals surface area (Å²) in [4.78, 5) is 1.51. The molecule has 0 saturated carbocycles. The first-order chi connectivity index (χ1) is 7.67. The highest BCUT2D eigenvalue weighted by Gasteiger charge is 2.05. The third kappa shape index (κ3) is 4.20. The Balaban J connectivity index is 2.45. The van der Waals surface area contributed by atoms with E-state index in [1.54, 1.807) is 18.2 Å². The average molecular weight is 263 g/mol. The summed E-state index contributed by atoms with van der Waals surface area (Å²) in [6, 6.07) is 5.26. The molecule has 4 heteroatoms. The SMILES string of the molecule is CC[NH+](CC)CCOc1cc(Cl)ccc1Cl. The standard InChI is InChI=1S/C12H17Cl2NO/c1-3-15(4-2)7-8-16-12-9-10(13)5-6-11(12)14/h5-6,9H,3-4,7-8H2,1-2H3/p+1. The van der Waals surface area contributed by atoms with Gasteiger partial charge >= 0.3 is 0 Å². The molecule has 0 amide bonds. The Bertz CT molecular complexity index is 327. The van der Waals surface area contributed by atoms with Crippen molar-refractivity contribution in [3.05, 3.63) is 28.2 Å². The van der Waals surface area contributed by atoms with Crippen LogP contribution in [0.4, 0.5) is 0 Å². The normalized spacial score (nSPS) is 10.8. The molecule has 0 bridgehead atoms. The van der Waals surface area contributed by atoms with E-state index in [4.69, 9.17) is 27.9 Å². The monoisotopic (exact) mass is 262 g/mol. The maximum Gasteiger partial charge on any atom is 0.139 e. The largest absolute Gasteiger partial charge is 0.486 e. The summed E-state index contributed by atoms with van der Waals surface area (Å²) in [5.41, 5.74) is 0. The number of ether oxygens (including phenoxy) is 1. The van der Waals surface area contributed by atoms with Crippen LogP contribution in [-0.4, -0.2) is 26.2 Å². The first-order valence-corrected chi connectivity index (χ1v) is 6.34. The topological polar surface area (TPSA) is 13.7 Å². The van der Waals surface area contributed by atoms with Gasteiger partial charge in [-0.05, 0) is 26.0 Å². The lowest BCUT2D eigenvalue weighted by Gasteiger charge is -2.16. The van der Waals surface area contributed by atoms with Gasteiger partial charge in [-0.1, -0.05) is 23.2 Å². The molecular weight excluding hydrogens is 245 g/mol. The first kappa shape index (κ1) is 13.6. The molecule has 0 spiro atoms. The highest BCUT2D eigenvalue weighted by molar-refractivity contribution is 6.34. The van der Waals surface area contributed by atoms with E-state index in [-0.39, 0.29) is 0 Å². The molecule has 0 saturated heterocycles. The number of rotatable bonds is 6. The number of hydrogen-bond donors (Lipinski definition) is 1. The summed E-state index contributed by atoms with van der Waals surface area (Å²) in [7, 11) is 0. The molecule has 0 aromatic heterocycles. The van der Waals surface area contributed by atoms with Gasteiger partial charge < -0.3 is 9.64 Å². The third-order valence-electron chi connectivity index (χ3n) is 2.61. The quantitative estimate of drug-likeness (QED) is 0.831. The predicted octanol–water partition coefficient (Wildman–Crippen LogP) is 2.30. The van der Waals surface area contributed by atoms with Crippen molar-refractivity contribution in [3.63, 3.8) is 0 Å². The Morgan fingerprint density at radius 1 is 1.19 bits per heavy atom. The lowest BCUT2D eigenvalue weighted by Crippen LogP contribution is -3.12. The minimum atomic E-state index is 0.610. The van der Waals surface area contributed by atoms with Gasteiger partial charge in [0.05, 0.1) is 18.1 Å². The van der Waals surface area contributed by atoms with Gasteiger partial charge in [0.15, 0.2) is 0 Å². The summed E-state index contributed by atoms with van der Waals surface area (Å²) in [5, 5.41) is 1.26. The number of quaternary nitrogens is 1. The van der Waals surface area contributed by atoms with E-state index >= 15 is 0 Å². The fourth-order valence-electron chi connectivity index (χ4n) is 1.50. The lowest BCUT2D eigenvalue weighted by atomic mass is 10.3. The molecule has 1 aromatic carbocycles. The zero-order chi connectivity index (χ0) is 12.0. The van der Waals surface area contributed by atoms with Crippen molar-refractivity contribution >= 4 is 23.2 Å². The molecule has 0 fully saturated rings. The van der Waals surface area contributed by atoms with Crippen LogP contribution < -0.4 is 9.64 Å². The van der Waals surface area contributed by atoms with Gasteiger partial charge in [0.25, 0.3) is 0 Å². The fraction of sp³-hybridized carbons (Fsp3) is 0.500. The summed E-state index contributed by atoms with van der Waals surface area (Å²) in [5.74, 6) is 0.667. The van der Waals surface area contributed by atoms with Crippen molar-refractivity contribution in [1.29, 1.82) is 0 Å². The first-order valence-electron chi connectivity index (χ1n) is 5.58. The van der Waals surface area contributed by atoms with Crippen LogP contribution in [0, 0.1) is 0 Å². The zero-order valence-corrected chi connectivity index (χ0v) is 11.2. The molecule has 0 aliphatic rings. The van der Waals surface area contributed by atoms with E-state index in [1.807, 2.05) is 0 Å². The molecule has 90 valence electrons. The Hall–Kier alpha value is -0.440. The number of halogens is 2. The van der Waals surface area contributed by atoms with Crippen molar-refractivity contribution in [2.75, 3.05) is 26.2 Å². The molecule has 2 nitrogen and oxygen atoms in total. The van der Waals surface area contributed by atoms with Crippen LogP contribution in [0.2, 0.25) is 10.0 Å². The number of likely N-dealkylation sites (N-methyl/N-ethyl adjacent to an activating group) is 1. The van der Waals surface area contributed by atoms with Crippen molar-refractivity contribution in [2.45, 2.75) is 13.8 Å². The molecule has 0 unspecified atom stereocenters. The lowest BCUT2D eigenvalue weighted by molar-refractivity contribution is -0.896. The average Bonchev–Trinajstić information content (AvgIpc) is 2.29. The third-order valence-corrected chi connectivity index (χ3v) is 3.15. The van der Waals surface area contributed by atoms with Crippen LogP contribution in [0.3, 0.4) is 0 Å². The van der Waals surface area contributed by atoms with Crippen LogP contribution in [0.5, 0.6) is 5.75 Å². The Morgan fingerprint density at radius 3 is 2.50 bits per heavy atom. The van der Waals surface area contributed by atoms with E-state index in [9.17, 15) is 0 Å². The Kier molecular flexibility index (Phi) is 5.96. The maximum absolute atomic E-state index is 5.99. The van der Waals surface area contributed by atoms with Crippen molar-refractivity contribution in [3.8, 4) is 5.75 Å². The number of benzene rings is 1. The fourth-order valence-corrected chi connectivity index (χ4v) is 1.83. The van der Waals surface area contributed by atoms with E-state index in [0.29, 0.717) is 22.4 Å². The number of nitrogens with one attached hydrogen (secondary N) is 1. The minimum Gasteiger partial charge on any atom is -0.486 e. The predicted molar refractivity (Wildman–Crippen MR) is 68.9 cm³/mol. The Morgan fingerprint density at radius 2 is 1.88 bits per heavy atom.